The van der Waals surface area contributed by atoms with Crippen LogP contribution >= 0.6 is 0 Å². The van der Waals surface area contributed by atoms with Gasteiger partial charge in [-0.2, -0.15) is 4.31 Å². The molecule has 1 heterocycles. The van der Waals surface area contributed by atoms with Crippen LogP contribution in [0.1, 0.15) is 17.5 Å². The standard InChI is InChI=1S/C23H31N3O4S/c1-20-8-10-22(11-9-20)31(28,29)26(18-21-6-3-2-4-7-21)19-23(27)24-12-5-13-25-14-16-30-17-15-25/h2-4,6-11H,5,12-19H2,1H3,(H,24,27). The van der Waals surface area contributed by atoms with Crippen molar-refractivity contribution in [2.24, 2.45) is 0 Å². The Morgan fingerprint density at radius 2 is 1.74 bits per heavy atom. The maximum absolute atomic E-state index is 13.2. The molecule has 1 saturated heterocycles. The average molecular weight is 446 g/mol. The van der Waals surface area contributed by atoms with Crippen molar-refractivity contribution >= 4 is 15.9 Å². The number of nitrogens with one attached hydrogen (secondary N) is 1. The van der Waals surface area contributed by atoms with Crippen molar-refractivity contribution in [3.63, 3.8) is 0 Å². The normalized spacial score (nSPS) is 15.2. The van der Waals surface area contributed by atoms with E-state index in [9.17, 15) is 13.2 Å². The van der Waals surface area contributed by atoms with Crippen LogP contribution in [0.4, 0.5) is 0 Å². The van der Waals surface area contributed by atoms with Gasteiger partial charge in [0.2, 0.25) is 15.9 Å². The molecule has 0 aliphatic carbocycles. The van der Waals surface area contributed by atoms with Crippen LogP contribution in [0.5, 0.6) is 0 Å². The van der Waals surface area contributed by atoms with Crippen LogP contribution in [-0.4, -0.2) is 69.5 Å². The molecule has 0 unspecified atom stereocenters. The first-order valence-corrected chi connectivity index (χ1v) is 12.1. The molecule has 2 aromatic rings. The van der Waals surface area contributed by atoms with E-state index in [1.54, 1.807) is 24.3 Å². The number of hydrogen-bond donors (Lipinski definition) is 1. The fourth-order valence-corrected chi connectivity index (χ4v) is 4.83. The average Bonchev–Trinajstić information content (AvgIpc) is 2.78. The van der Waals surface area contributed by atoms with E-state index in [1.165, 1.54) is 4.31 Å². The molecule has 2 aromatic carbocycles. The third-order valence-corrected chi connectivity index (χ3v) is 7.06. The molecule has 0 bridgehead atoms. The minimum atomic E-state index is -3.81. The van der Waals surface area contributed by atoms with Crippen LogP contribution in [0.3, 0.4) is 0 Å². The quantitative estimate of drug-likeness (QED) is 0.566. The Morgan fingerprint density at radius 1 is 1.06 bits per heavy atom. The lowest BCUT2D eigenvalue weighted by molar-refractivity contribution is -0.121. The van der Waals surface area contributed by atoms with Crippen molar-refractivity contribution in [2.75, 3.05) is 45.9 Å². The van der Waals surface area contributed by atoms with E-state index in [2.05, 4.69) is 10.2 Å². The molecule has 7 nitrogen and oxygen atoms in total. The van der Waals surface area contributed by atoms with Gasteiger partial charge in [0.15, 0.2) is 0 Å². The second-order valence-corrected chi connectivity index (χ2v) is 9.67. The Bertz CT molecular complexity index is 927. The van der Waals surface area contributed by atoms with Crippen LogP contribution in [0.15, 0.2) is 59.5 Å². The number of aryl methyl sites for hydroxylation is 1. The molecular formula is C23H31N3O4S. The summed E-state index contributed by atoms with van der Waals surface area (Å²) in [6.45, 7) is 6.54. The smallest absolute Gasteiger partial charge is 0.243 e. The molecule has 0 radical (unpaired) electrons. The van der Waals surface area contributed by atoms with Gasteiger partial charge < -0.3 is 10.1 Å². The Labute approximate surface area is 185 Å². The predicted octanol–water partition coefficient (Wildman–Crippen LogP) is 2.02. The molecule has 1 fully saturated rings. The summed E-state index contributed by atoms with van der Waals surface area (Å²) >= 11 is 0. The fourth-order valence-electron chi connectivity index (χ4n) is 3.44. The Kier molecular flexibility index (Phi) is 8.60. The van der Waals surface area contributed by atoms with Crippen molar-refractivity contribution in [3.8, 4) is 0 Å². The van der Waals surface area contributed by atoms with Gasteiger partial charge in [-0.1, -0.05) is 48.0 Å². The van der Waals surface area contributed by atoms with E-state index in [0.29, 0.717) is 6.54 Å². The molecule has 1 aliphatic rings. The van der Waals surface area contributed by atoms with E-state index >= 15 is 0 Å². The highest BCUT2D eigenvalue weighted by atomic mass is 32.2. The molecule has 0 saturated carbocycles. The second kappa shape index (κ2) is 11.4. The van der Waals surface area contributed by atoms with Crippen LogP contribution in [0.25, 0.3) is 0 Å². The number of morpholine rings is 1. The second-order valence-electron chi connectivity index (χ2n) is 7.73. The van der Waals surface area contributed by atoms with E-state index in [4.69, 9.17) is 4.74 Å². The van der Waals surface area contributed by atoms with Crippen LogP contribution < -0.4 is 5.32 Å². The molecular weight excluding hydrogens is 414 g/mol. The number of ether oxygens (including phenoxy) is 1. The SMILES string of the molecule is Cc1ccc(S(=O)(=O)N(CC(=O)NCCCN2CCOCC2)Cc2ccccc2)cc1. The van der Waals surface area contributed by atoms with Crippen molar-refractivity contribution in [1.82, 2.24) is 14.5 Å². The summed E-state index contributed by atoms with van der Waals surface area (Å²) in [6, 6.07) is 16.0. The van der Waals surface area contributed by atoms with Gasteiger partial charge in [0, 0.05) is 26.2 Å². The number of amides is 1. The van der Waals surface area contributed by atoms with Crippen LogP contribution in [0, 0.1) is 6.92 Å². The molecule has 1 amide bonds. The molecule has 0 spiro atoms. The third kappa shape index (κ3) is 7.14. The van der Waals surface area contributed by atoms with Gasteiger partial charge in [0.25, 0.3) is 0 Å². The van der Waals surface area contributed by atoms with Crippen molar-refractivity contribution in [1.29, 1.82) is 0 Å². The highest BCUT2D eigenvalue weighted by Gasteiger charge is 2.26. The summed E-state index contributed by atoms with van der Waals surface area (Å²) in [4.78, 5) is 15.1. The number of hydrogen-bond acceptors (Lipinski definition) is 5. The maximum atomic E-state index is 13.2. The molecule has 31 heavy (non-hydrogen) atoms. The summed E-state index contributed by atoms with van der Waals surface area (Å²) in [5, 5.41) is 2.87. The van der Waals surface area contributed by atoms with Gasteiger partial charge in [0.1, 0.15) is 0 Å². The fraction of sp³-hybridized carbons (Fsp3) is 0.435. The molecule has 0 atom stereocenters. The molecule has 168 valence electrons. The molecule has 3 rings (SSSR count). The number of nitrogens with zero attached hydrogens (tertiary/aromatic N) is 2. The number of carbonyl (C=O) groups is 1. The zero-order valence-corrected chi connectivity index (χ0v) is 18.8. The number of carbonyl (C=O) groups excluding carboxylic acids is 1. The number of rotatable bonds is 10. The zero-order valence-electron chi connectivity index (χ0n) is 18.0. The van der Waals surface area contributed by atoms with Gasteiger partial charge in [-0.15, -0.1) is 0 Å². The Balaban J connectivity index is 1.62. The predicted molar refractivity (Wildman–Crippen MR) is 120 cm³/mol. The first-order valence-electron chi connectivity index (χ1n) is 10.6. The Morgan fingerprint density at radius 3 is 2.42 bits per heavy atom. The zero-order chi connectivity index (χ0) is 22.1. The van der Waals surface area contributed by atoms with E-state index in [-0.39, 0.29) is 23.9 Å². The molecule has 0 aromatic heterocycles. The van der Waals surface area contributed by atoms with Gasteiger partial charge >= 0.3 is 0 Å². The largest absolute Gasteiger partial charge is 0.379 e. The third-order valence-electron chi connectivity index (χ3n) is 5.26. The minimum absolute atomic E-state index is 0.137. The summed E-state index contributed by atoms with van der Waals surface area (Å²) in [7, 11) is -3.81. The number of benzene rings is 2. The van der Waals surface area contributed by atoms with E-state index in [1.807, 2.05) is 37.3 Å². The van der Waals surface area contributed by atoms with Crippen molar-refractivity contribution in [2.45, 2.75) is 24.8 Å². The molecule has 8 heteroatoms. The van der Waals surface area contributed by atoms with Gasteiger partial charge in [0.05, 0.1) is 24.7 Å². The molecule has 1 N–H and O–H groups in total. The lowest BCUT2D eigenvalue weighted by Gasteiger charge is -2.26. The van der Waals surface area contributed by atoms with Gasteiger partial charge in [-0.05, 0) is 37.6 Å². The van der Waals surface area contributed by atoms with E-state index in [0.717, 1.165) is 50.4 Å². The van der Waals surface area contributed by atoms with Crippen LogP contribution in [0.2, 0.25) is 0 Å². The van der Waals surface area contributed by atoms with Crippen LogP contribution in [-0.2, 0) is 26.1 Å². The van der Waals surface area contributed by atoms with Crippen molar-refractivity contribution in [3.05, 3.63) is 65.7 Å². The van der Waals surface area contributed by atoms with E-state index < -0.39 is 10.0 Å². The lowest BCUT2D eigenvalue weighted by atomic mass is 10.2. The maximum Gasteiger partial charge on any atom is 0.243 e. The van der Waals surface area contributed by atoms with Gasteiger partial charge in [-0.25, -0.2) is 8.42 Å². The summed E-state index contributed by atoms with van der Waals surface area (Å²) in [5.41, 5.74) is 1.81. The molecule has 1 aliphatic heterocycles. The number of sulfonamides is 1. The summed E-state index contributed by atoms with van der Waals surface area (Å²) < 4.78 is 33.1. The monoisotopic (exact) mass is 445 g/mol. The lowest BCUT2D eigenvalue weighted by Crippen LogP contribution is -2.41. The Hall–Kier alpha value is -2.26. The summed E-state index contributed by atoms with van der Waals surface area (Å²) in [5.74, 6) is -0.298. The van der Waals surface area contributed by atoms with Crippen molar-refractivity contribution < 1.29 is 17.9 Å². The minimum Gasteiger partial charge on any atom is -0.379 e. The topological polar surface area (TPSA) is 79.0 Å². The highest BCUT2D eigenvalue weighted by Crippen LogP contribution is 2.19. The summed E-state index contributed by atoms with van der Waals surface area (Å²) in [6.07, 6.45) is 0.815. The van der Waals surface area contributed by atoms with Gasteiger partial charge in [-0.3, -0.25) is 9.69 Å². The first kappa shape index (κ1) is 23.4. The first-order chi connectivity index (χ1) is 14.9. The highest BCUT2D eigenvalue weighted by molar-refractivity contribution is 7.89.